The molecule has 0 unspecified atom stereocenters. The molecule has 1 aromatic carbocycles. The maximum Gasteiger partial charge on any atom is 0.263 e. The lowest BCUT2D eigenvalue weighted by Gasteiger charge is -2.33. The molecule has 0 spiro atoms. The predicted octanol–water partition coefficient (Wildman–Crippen LogP) is 4.81. The fourth-order valence-electron chi connectivity index (χ4n) is 4.09. The number of rotatable bonds is 3. The number of hydrogen-bond acceptors (Lipinski definition) is 4. The lowest BCUT2D eigenvalue weighted by molar-refractivity contribution is -0.118. The van der Waals surface area contributed by atoms with Gasteiger partial charge in [-0.3, -0.25) is 14.2 Å². The molecule has 0 saturated heterocycles. The van der Waals surface area contributed by atoms with Crippen molar-refractivity contribution in [2.24, 2.45) is 11.3 Å². The summed E-state index contributed by atoms with van der Waals surface area (Å²) in [6.07, 6.45) is 4.51. The molecule has 6 heteroatoms. The van der Waals surface area contributed by atoms with Crippen LogP contribution in [0.25, 0.3) is 10.2 Å². The molecule has 0 saturated carbocycles. The number of anilines is 1. The number of benzene rings is 1. The van der Waals surface area contributed by atoms with Crippen molar-refractivity contribution in [3.63, 3.8) is 0 Å². The van der Waals surface area contributed by atoms with Crippen LogP contribution in [0, 0.1) is 11.3 Å². The van der Waals surface area contributed by atoms with E-state index in [4.69, 9.17) is 0 Å². The van der Waals surface area contributed by atoms with Gasteiger partial charge in [-0.05, 0) is 55.2 Å². The van der Waals surface area contributed by atoms with Gasteiger partial charge < -0.3 is 5.32 Å². The van der Waals surface area contributed by atoms with Crippen LogP contribution >= 0.6 is 11.3 Å². The van der Waals surface area contributed by atoms with Gasteiger partial charge in [-0.2, -0.15) is 0 Å². The molecular formula is C23H27N3O2S. The van der Waals surface area contributed by atoms with E-state index in [9.17, 15) is 9.59 Å². The van der Waals surface area contributed by atoms with Crippen LogP contribution in [0.1, 0.15) is 50.6 Å². The molecule has 0 bridgehead atoms. The molecule has 2 heterocycles. The van der Waals surface area contributed by atoms with Crippen molar-refractivity contribution in [2.45, 2.75) is 53.0 Å². The Bertz CT molecular complexity index is 1110. The number of thiophene rings is 1. The molecule has 29 heavy (non-hydrogen) atoms. The van der Waals surface area contributed by atoms with E-state index in [0.717, 1.165) is 29.7 Å². The van der Waals surface area contributed by atoms with Crippen molar-refractivity contribution in [1.29, 1.82) is 0 Å². The van der Waals surface area contributed by atoms with Crippen LogP contribution in [0.2, 0.25) is 0 Å². The number of carbonyl (C=O) groups is 1. The molecule has 0 fully saturated rings. The molecule has 0 aliphatic heterocycles. The number of amides is 1. The minimum Gasteiger partial charge on any atom is -0.324 e. The number of aryl methyl sites for hydroxylation is 1. The highest BCUT2D eigenvalue weighted by Crippen LogP contribution is 2.42. The van der Waals surface area contributed by atoms with Crippen LogP contribution in [-0.2, 0) is 17.6 Å². The lowest BCUT2D eigenvalue weighted by Crippen LogP contribution is -2.32. The molecule has 2 atom stereocenters. The second kappa shape index (κ2) is 7.41. The van der Waals surface area contributed by atoms with Gasteiger partial charge in [0.25, 0.3) is 5.56 Å². The van der Waals surface area contributed by atoms with Crippen molar-refractivity contribution >= 4 is 33.1 Å². The van der Waals surface area contributed by atoms with Gasteiger partial charge in [-0.25, -0.2) is 4.98 Å². The summed E-state index contributed by atoms with van der Waals surface area (Å²) < 4.78 is 1.46. The number of aromatic nitrogens is 2. The van der Waals surface area contributed by atoms with Crippen molar-refractivity contribution in [3.8, 4) is 0 Å². The van der Waals surface area contributed by atoms with Gasteiger partial charge in [-0.15, -0.1) is 11.3 Å². The number of nitrogens with one attached hydrogen (secondary N) is 1. The first-order chi connectivity index (χ1) is 13.8. The zero-order valence-corrected chi connectivity index (χ0v) is 18.2. The van der Waals surface area contributed by atoms with E-state index < -0.39 is 6.04 Å². The first-order valence-electron chi connectivity index (χ1n) is 10.1. The Morgan fingerprint density at radius 3 is 2.69 bits per heavy atom. The minimum absolute atomic E-state index is 0.113. The number of para-hydroxylation sites is 1. The summed E-state index contributed by atoms with van der Waals surface area (Å²) in [6.45, 7) is 8.60. The van der Waals surface area contributed by atoms with Gasteiger partial charge in [0, 0.05) is 10.6 Å². The van der Waals surface area contributed by atoms with Gasteiger partial charge in [0.1, 0.15) is 10.9 Å². The molecule has 3 aromatic rings. The second-order valence-corrected chi connectivity index (χ2v) is 10.1. The normalized spacial score (nSPS) is 17.7. The molecule has 152 valence electrons. The molecule has 1 aliphatic carbocycles. The highest BCUT2D eigenvalue weighted by molar-refractivity contribution is 7.18. The van der Waals surface area contributed by atoms with E-state index in [1.54, 1.807) is 18.3 Å². The van der Waals surface area contributed by atoms with Gasteiger partial charge in [0.15, 0.2) is 0 Å². The average Bonchev–Trinajstić information content (AvgIpc) is 3.06. The van der Waals surface area contributed by atoms with Crippen LogP contribution < -0.4 is 10.9 Å². The fourth-order valence-corrected chi connectivity index (χ4v) is 5.35. The lowest BCUT2D eigenvalue weighted by atomic mass is 9.72. The van der Waals surface area contributed by atoms with Crippen molar-refractivity contribution in [1.82, 2.24) is 9.55 Å². The molecule has 0 radical (unpaired) electrons. The molecule has 1 aliphatic rings. The number of nitrogens with zero attached hydrogens (tertiary/aromatic N) is 2. The predicted molar refractivity (Wildman–Crippen MR) is 119 cm³/mol. The smallest absolute Gasteiger partial charge is 0.263 e. The fraction of sp³-hybridized carbons (Fsp3) is 0.435. The van der Waals surface area contributed by atoms with E-state index in [0.29, 0.717) is 17.0 Å². The molecule has 1 N–H and O–H groups in total. The van der Waals surface area contributed by atoms with E-state index in [1.807, 2.05) is 30.3 Å². The van der Waals surface area contributed by atoms with E-state index in [1.165, 1.54) is 15.8 Å². The van der Waals surface area contributed by atoms with Crippen LogP contribution in [0.4, 0.5) is 5.69 Å². The largest absolute Gasteiger partial charge is 0.324 e. The summed E-state index contributed by atoms with van der Waals surface area (Å²) in [7, 11) is 0. The average molecular weight is 410 g/mol. The monoisotopic (exact) mass is 409 g/mol. The Kier molecular flexibility index (Phi) is 5.07. The summed E-state index contributed by atoms with van der Waals surface area (Å²) >= 11 is 1.64. The van der Waals surface area contributed by atoms with Gasteiger partial charge in [0.05, 0.1) is 11.7 Å². The van der Waals surface area contributed by atoms with Crippen LogP contribution in [-0.4, -0.2) is 15.5 Å². The maximum atomic E-state index is 13.3. The third kappa shape index (κ3) is 3.73. The van der Waals surface area contributed by atoms with Crippen molar-refractivity contribution in [2.75, 3.05) is 5.32 Å². The molecule has 5 nitrogen and oxygen atoms in total. The van der Waals surface area contributed by atoms with E-state index in [-0.39, 0.29) is 16.9 Å². The zero-order valence-electron chi connectivity index (χ0n) is 17.4. The van der Waals surface area contributed by atoms with Gasteiger partial charge in [0.2, 0.25) is 5.91 Å². The Labute approximate surface area is 174 Å². The molecule has 4 rings (SSSR count). The third-order valence-corrected chi connectivity index (χ3v) is 7.22. The number of carbonyl (C=O) groups excluding carboxylic acids is 1. The zero-order chi connectivity index (χ0) is 20.8. The summed E-state index contributed by atoms with van der Waals surface area (Å²) in [5, 5.41) is 3.58. The summed E-state index contributed by atoms with van der Waals surface area (Å²) in [5.41, 5.74) is 2.00. The molecular weight excluding hydrogens is 382 g/mol. The Hall–Kier alpha value is -2.47. The third-order valence-electron chi connectivity index (χ3n) is 6.06. The minimum atomic E-state index is -0.638. The maximum absolute atomic E-state index is 13.3. The Morgan fingerprint density at radius 2 is 2.00 bits per heavy atom. The second-order valence-electron chi connectivity index (χ2n) is 8.98. The summed E-state index contributed by atoms with van der Waals surface area (Å²) in [5.74, 6) is 0.386. The van der Waals surface area contributed by atoms with Gasteiger partial charge in [-0.1, -0.05) is 39.0 Å². The van der Waals surface area contributed by atoms with Crippen LogP contribution in [0.3, 0.4) is 0 Å². The highest BCUT2D eigenvalue weighted by Gasteiger charge is 2.32. The van der Waals surface area contributed by atoms with Crippen molar-refractivity contribution < 1.29 is 4.79 Å². The van der Waals surface area contributed by atoms with Crippen molar-refractivity contribution in [3.05, 3.63) is 57.5 Å². The van der Waals surface area contributed by atoms with Crippen LogP contribution in [0.15, 0.2) is 41.5 Å². The first-order valence-corrected chi connectivity index (χ1v) is 10.9. The standard InChI is InChI=1S/C23H27N3O2S/c1-14(20(27)25-16-8-6-5-7-9-16)26-13-24-21-19(22(26)28)17-11-10-15(23(2,3)4)12-18(17)29-21/h5-9,13-15H,10-12H2,1-4H3,(H,25,27)/t14-,15-/m0/s1. The molecule has 1 amide bonds. The summed E-state index contributed by atoms with van der Waals surface area (Å²) in [6, 6.07) is 8.64. The SMILES string of the molecule is C[C@@H](C(=O)Nc1ccccc1)n1cnc2sc3c(c2c1=O)CC[C@H](C(C)(C)C)C3. The number of fused-ring (bicyclic) bond motifs is 3. The van der Waals surface area contributed by atoms with Crippen LogP contribution in [0.5, 0.6) is 0 Å². The number of hydrogen-bond donors (Lipinski definition) is 1. The highest BCUT2D eigenvalue weighted by atomic mass is 32.1. The molecule has 2 aromatic heterocycles. The van der Waals surface area contributed by atoms with E-state index in [2.05, 4.69) is 31.1 Å². The topological polar surface area (TPSA) is 64.0 Å². The van der Waals surface area contributed by atoms with Gasteiger partial charge >= 0.3 is 0 Å². The summed E-state index contributed by atoms with van der Waals surface area (Å²) in [4.78, 5) is 32.6. The first kappa shape index (κ1) is 19.8. The quantitative estimate of drug-likeness (QED) is 0.675. The van der Waals surface area contributed by atoms with E-state index >= 15 is 0 Å². The Balaban J connectivity index is 1.66. The Morgan fingerprint density at radius 1 is 1.28 bits per heavy atom.